The average molecular weight is 333 g/mol. The molecule has 122 valence electrons. The Labute approximate surface area is 134 Å². The predicted molar refractivity (Wildman–Crippen MR) is 84.8 cm³/mol. The van der Waals surface area contributed by atoms with Gasteiger partial charge in [0.15, 0.2) is 0 Å². The van der Waals surface area contributed by atoms with Crippen molar-refractivity contribution in [2.24, 2.45) is 0 Å². The van der Waals surface area contributed by atoms with Crippen molar-refractivity contribution >= 4 is 23.4 Å². The van der Waals surface area contributed by atoms with Crippen LogP contribution in [0.25, 0.3) is 21.9 Å². The molecule has 0 unspecified atom stereocenters. The van der Waals surface area contributed by atoms with Crippen LogP contribution in [0.4, 0.5) is 13.2 Å². The molecular weight excluding hydrogens is 322 g/mol. The second kappa shape index (κ2) is 5.81. The fraction of sp³-hybridized carbons (Fsp3) is 0.0625. The Balaban J connectivity index is 2.21. The SMILES string of the molecule is O=c1[nH]ccc2cc(-c3cc(B(O)O)cc(C(F)(F)F)c3)ccc12. The summed E-state index contributed by atoms with van der Waals surface area (Å²) in [7, 11) is -2.02. The lowest BCUT2D eigenvalue weighted by atomic mass is 9.78. The lowest BCUT2D eigenvalue weighted by Gasteiger charge is -2.12. The van der Waals surface area contributed by atoms with Crippen LogP contribution in [-0.4, -0.2) is 22.2 Å². The summed E-state index contributed by atoms with van der Waals surface area (Å²) in [5.41, 5.74) is -0.925. The molecule has 0 amide bonds. The monoisotopic (exact) mass is 333 g/mol. The van der Waals surface area contributed by atoms with Gasteiger partial charge < -0.3 is 15.0 Å². The molecule has 3 N–H and O–H groups in total. The number of pyridine rings is 1. The van der Waals surface area contributed by atoms with Gasteiger partial charge in [-0.05, 0) is 46.2 Å². The summed E-state index contributed by atoms with van der Waals surface area (Å²) in [6.45, 7) is 0. The maximum absolute atomic E-state index is 13.0. The zero-order chi connectivity index (χ0) is 17.5. The van der Waals surface area contributed by atoms with Gasteiger partial charge in [-0.2, -0.15) is 13.2 Å². The van der Waals surface area contributed by atoms with Crippen molar-refractivity contribution in [2.45, 2.75) is 6.18 Å². The van der Waals surface area contributed by atoms with Crippen molar-refractivity contribution in [2.75, 3.05) is 0 Å². The van der Waals surface area contributed by atoms with E-state index in [0.29, 0.717) is 22.4 Å². The van der Waals surface area contributed by atoms with Crippen LogP contribution in [0.3, 0.4) is 0 Å². The van der Waals surface area contributed by atoms with Gasteiger partial charge in [-0.1, -0.05) is 18.2 Å². The highest BCUT2D eigenvalue weighted by atomic mass is 19.4. The summed E-state index contributed by atoms with van der Waals surface area (Å²) in [6, 6.07) is 9.14. The summed E-state index contributed by atoms with van der Waals surface area (Å²) in [5.74, 6) is 0. The Kier molecular flexibility index (Phi) is 3.94. The van der Waals surface area contributed by atoms with Crippen LogP contribution in [0, 0.1) is 0 Å². The van der Waals surface area contributed by atoms with Gasteiger partial charge in [0.05, 0.1) is 5.56 Å². The first-order chi connectivity index (χ1) is 11.3. The topological polar surface area (TPSA) is 73.3 Å². The van der Waals surface area contributed by atoms with E-state index in [0.717, 1.165) is 6.07 Å². The molecule has 3 rings (SSSR count). The lowest BCUT2D eigenvalue weighted by Crippen LogP contribution is -2.31. The number of aromatic amines is 1. The molecule has 0 aliphatic rings. The van der Waals surface area contributed by atoms with E-state index in [4.69, 9.17) is 0 Å². The average Bonchev–Trinajstić information content (AvgIpc) is 2.53. The smallest absolute Gasteiger partial charge is 0.423 e. The van der Waals surface area contributed by atoms with Crippen molar-refractivity contribution in [1.29, 1.82) is 0 Å². The van der Waals surface area contributed by atoms with Crippen molar-refractivity contribution in [3.8, 4) is 11.1 Å². The van der Waals surface area contributed by atoms with E-state index in [1.54, 1.807) is 12.1 Å². The highest BCUT2D eigenvalue weighted by Crippen LogP contribution is 2.32. The zero-order valence-electron chi connectivity index (χ0n) is 12.1. The number of rotatable bonds is 2. The number of alkyl halides is 3. The molecule has 0 atom stereocenters. The van der Waals surface area contributed by atoms with Gasteiger partial charge in [-0.3, -0.25) is 4.79 Å². The molecule has 0 saturated carbocycles. The predicted octanol–water partition coefficient (Wildman–Crippen LogP) is 1.89. The number of benzene rings is 2. The minimum absolute atomic E-state index is 0.176. The standard InChI is InChI=1S/C16H11BF3NO3/c18-16(19,20)12-6-11(7-13(8-12)17(23)24)9-1-2-14-10(5-9)3-4-21-15(14)22/h1-8,23-24H,(H,21,22). The van der Waals surface area contributed by atoms with Gasteiger partial charge in [-0.25, -0.2) is 0 Å². The minimum Gasteiger partial charge on any atom is -0.423 e. The van der Waals surface area contributed by atoms with Gasteiger partial charge in [0, 0.05) is 11.6 Å². The van der Waals surface area contributed by atoms with Crippen LogP contribution < -0.4 is 11.0 Å². The molecule has 2 aromatic carbocycles. The molecule has 0 spiro atoms. The Morgan fingerprint density at radius 3 is 2.38 bits per heavy atom. The number of hydrogen-bond acceptors (Lipinski definition) is 3. The van der Waals surface area contributed by atoms with Gasteiger partial charge in [0.1, 0.15) is 0 Å². The molecule has 1 aromatic heterocycles. The molecule has 3 aromatic rings. The summed E-state index contributed by atoms with van der Waals surface area (Å²) in [6.07, 6.45) is -3.17. The Morgan fingerprint density at radius 1 is 0.958 bits per heavy atom. The molecule has 4 nitrogen and oxygen atoms in total. The van der Waals surface area contributed by atoms with Crippen molar-refractivity contribution in [3.63, 3.8) is 0 Å². The molecule has 8 heteroatoms. The maximum Gasteiger partial charge on any atom is 0.488 e. The van der Waals surface area contributed by atoms with Crippen LogP contribution in [0.5, 0.6) is 0 Å². The fourth-order valence-corrected chi connectivity index (χ4v) is 2.50. The minimum atomic E-state index is -4.62. The molecule has 1 heterocycles. The first kappa shape index (κ1) is 16.3. The van der Waals surface area contributed by atoms with Gasteiger partial charge >= 0.3 is 13.3 Å². The van der Waals surface area contributed by atoms with E-state index in [1.807, 2.05) is 0 Å². The molecule has 0 aliphatic carbocycles. The lowest BCUT2D eigenvalue weighted by molar-refractivity contribution is -0.137. The van der Waals surface area contributed by atoms with Crippen LogP contribution >= 0.6 is 0 Å². The third-order valence-corrected chi connectivity index (χ3v) is 3.69. The van der Waals surface area contributed by atoms with Crippen molar-refractivity contribution in [1.82, 2.24) is 4.98 Å². The van der Waals surface area contributed by atoms with E-state index in [-0.39, 0.29) is 16.6 Å². The van der Waals surface area contributed by atoms with E-state index in [9.17, 15) is 28.0 Å². The van der Waals surface area contributed by atoms with Crippen LogP contribution in [0.1, 0.15) is 5.56 Å². The molecular formula is C16H11BF3NO3. The first-order valence-electron chi connectivity index (χ1n) is 6.96. The number of fused-ring (bicyclic) bond motifs is 1. The quantitative estimate of drug-likeness (QED) is 0.627. The molecule has 0 saturated heterocycles. The van der Waals surface area contributed by atoms with E-state index in [2.05, 4.69) is 4.98 Å². The van der Waals surface area contributed by atoms with Crippen molar-refractivity contribution in [3.05, 3.63) is 64.6 Å². The number of halogens is 3. The Morgan fingerprint density at radius 2 is 1.71 bits per heavy atom. The maximum atomic E-state index is 13.0. The number of hydrogen-bond donors (Lipinski definition) is 3. The Bertz CT molecular complexity index is 967. The van der Waals surface area contributed by atoms with Crippen molar-refractivity contribution < 1.29 is 23.2 Å². The first-order valence-corrected chi connectivity index (χ1v) is 6.96. The summed E-state index contributed by atoms with van der Waals surface area (Å²) in [4.78, 5) is 14.2. The zero-order valence-corrected chi connectivity index (χ0v) is 12.1. The van der Waals surface area contributed by atoms with E-state index < -0.39 is 18.9 Å². The molecule has 0 radical (unpaired) electrons. The summed E-state index contributed by atoms with van der Waals surface area (Å²) in [5, 5.41) is 19.5. The third-order valence-electron chi connectivity index (χ3n) is 3.69. The van der Waals surface area contributed by atoms with Crippen LogP contribution in [0.15, 0.2) is 53.5 Å². The largest absolute Gasteiger partial charge is 0.488 e. The van der Waals surface area contributed by atoms with Gasteiger partial charge in [-0.15, -0.1) is 0 Å². The van der Waals surface area contributed by atoms with Crippen LogP contribution in [0.2, 0.25) is 0 Å². The van der Waals surface area contributed by atoms with E-state index in [1.165, 1.54) is 24.4 Å². The number of nitrogens with one attached hydrogen (secondary N) is 1. The normalized spacial score (nSPS) is 11.7. The number of aromatic nitrogens is 1. The second-order valence-corrected chi connectivity index (χ2v) is 5.32. The molecule has 0 aliphatic heterocycles. The highest BCUT2D eigenvalue weighted by Gasteiger charge is 2.32. The van der Waals surface area contributed by atoms with Gasteiger partial charge in [0.2, 0.25) is 0 Å². The summed E-state index contributed by atoms with van der Waals surface area (Å²) >= 11 is 0. The van der Waals surface area contributed by atoms with Crippen LogP contribution in [-0.2, 0) is 6.18 Å². The molecule has 0 bridgehead atoms. The number of H-pyrrole nitrogens is 1. The van der Waals surface area contributed by atoms with E-state index >= 15 is 0 Å². The summed E-state index contributed by atoms with van der Waals surface area (Å²) < 4.78 is 39.1. The highest BCUT2D eigenvalue weighted by molar-refractivity contribution is 6.58. The fourth-order valence-electron chi connectivity index (χ4n) is 2.50. The second-order valence-electron chi connectivity index (χ2n) is 5.32. The molecule has 24 heavy (non-hydrogen) atoms. The Hall–Kier alpha value is -2.58. The molecule has 0 fully saturated rings. The third kappa shape index (κ3) is 3.06. The van der Waals surface area contributed by atoms with Gasteiger partial charge in [0.25, 0.3) is 5.56 Å².